The number of carbonyl (C=O) groups excluding carboxylic acids is 2. The van der Waals surface area contributed by atoms with Crippen molar-refractivity contribution in [2.45, 2.75) is 32.4 Å². The zero-order chi connectivity index (χ0) is 28.6. The number of hydrogen-bond donors (Lipinski definition) is 1. The fraction of sp³-hybridized carbons (Fsp3) is 0.286. The van der Waals surface area contributed by atoms with Crippen molar-refractivity contribution in [2.75, 3.05) is 23.7 Å². The van der Waals surface area contributed by atoms with Crippen molar-refractivity contribution in [3.8, 4) is 0 Å². The van der Waals surface area contributed by atoms with Crippen LogP contribution < -0.4 is 9.62 Å². The molecule has 0 bridgehead atoms. The molecule has 0 aliphatic carbocycles. The van der Waals surface area contributed by atoms with Crippen molar-refractivity contribution in [1.82, 2.24) is 10.2 Å². The highest BCUT2D eigenvalue weighted by molar-refractivity contribution is 9.10. The predicted molar refractivity (Wildman–Crippen MR) is 161 cm³/mol. The SMILES string of the molecule is CCCNC(=O)C(Cc1ccccc1)N(Cc1c(Cl)cccc1Cl)C(=O)CN(c1ccccc1Br)S(C)(=O)=O. The molecule has 0 fully saturated rings. The van der Waals surface area contributed by atoms with Crippen LogP contribution in [0, 0.1) is 0 Å². The number of amides is 2. The molecule has 3 aromatic rings. The van der Waals surface area contributed by atoms with Gasteiger partial charge in [-0.05, 0) is 52.2 Å². The van der Waals surface area contributed by atoms with Gasteiger partial charge in [0, 0.05) is 39.6 Å². The van der Waals surface area contributed by atoms with Gasteiger partial charge < -0.3 is 10.2 Å². The maximum Gasteiger partial charge on any atom is 0.244 e. The maximum absolute atomic E-state index is 14.1. The first-order valence-corrected chi connectivity index (χ1v) is 15.7. The van der Waals surface area contributed by atoms with E-state index in [4.69, 9.17) is 23.2 Å². The number of nitrogens with one attached hydrogen (secondary N) is 1. The third-order valence-corrected chi connectivity index (χ3v) is 8.52. The minimum absolute atomic E-state index is 0.0953. The summed E-state index contributed by atoms with van der Waals surface area (Å²) in [6.45, 7) is 1.73. The van der Waals surface area contributed by atoms with E-state index in [-0.39, 0.29) is 18.9 Å². The van der Waals surface area contributed by atoms with Crippen molar-refractivity contribution in [3.63, 3.8) is 0 Å². The second-order valence-electron chi connectivity index (χ2n) is 8.94. The van der Waals surface area contributed by atoms with Gasteiger partial charge in [0.05, 0.1) is 11.9 Å². The minimum atomic E-state index is -3.87. The van der Waals surface area contributed by atoms with Gasteiger partial charge in [0.25, 0.3) is 0 Å². The molecule has 0 aliphatic heterocycles. The van der Waals surface area contributed by atoms with Crippen LogP contribution in [-0.4, -0.2) is 50.5 Å². The molecule has 0 aromatic heterocycles. The molecule has 0 saturated heterocycles. The number of sulfonamides is 1. The highest BCUT2D eigenvalue weighted by Crippen LogP contribution is 2.30. The van der Waals surface area contributed by atoms with E-state index in [0.717, 1.165) is 16.1 Å². The maximum atomic E-state index is 14.1. The van der Waals surface area contributed by atoms with Crippen LogP contribution in [0.15, 0.2) is 77.3 Å². The Morgan fingerprint density at radius 3 is 2.15 bits per heavy atom. The van der Waals surface area contributed by atoms with Gasteiger partial charge >= 0.3 is 0 Å². The third kappa shape index (κ3) is 8.45. The summed E-state index contributed by atoms with van der Waals surface area (Å²) < 4.78 is 27.2. The van der Waals surface area contributed by atoms with Gasteiger partial charge in [-0.15, -0.1) is 0 Å². The molecule has 0 aliphatic rings. The van der Waals surface area contributed by atoms with Crippen molar-refractivity contribution < 1.29 is 18.0 Å². The molecule has 208 valence electrons. The average molecular weight is 655 g/mol. The molecule has 39 heavy (non-hydrogen) atoms. The number of hydrogen-bond acceptors (Lipinski definition) is 4. The van der Waals surface area contributed by atoms with Gasteiger partial charge in [-0.25, -0.2) is 8.42 Å². The third-order valence-electron chi connectivity index (χ3n) is 6.01. The normalized spacial score (nSPS) is 12.0. The summed E-state index contributed by atoms with van der Waals surface area (Å²) in [4.78, 5) is 28.9. The molecule has 7 nitrogen and oxygen atoms in total. The zero-order valence-electron chi connectivity index (χ0n) is 21.6. The van der Waals surface area contributed by atoms with Crippen LogP contribution in [0.1, 0.15) is 24.5 Å². The van der Waals surface area contributed by atoms with Crippen LogP contribution in [0.4, 0.5) is 5.69 Å². The van der Waals surface area contributed by atoms with Gasteiger partial charge in [-0.1, -0.05) is 78.7 Å². The minimum Gasteiger partial charge on any atom is -0.354 e. The topological polar surface area (TPSA) is 86.8 Å². The quantitative estimate of drug-likeness (QED) is 0.272. The summed E-state index contributed by atoms with van der Waals surface area (Å²) in [5.74, 6) is -0.941. The lowest BCUT2D eigenvalue weighted by atomic mass is 10.0. The number of rotatable bonds is 12. The molecule has 3 rings (SSSR count). The summed E-state index contributed by atoms with van der Waals surface area (Å²) in [6, 6.07) is 20.1. The van der Waals surface area contributed by atoms with Crippen LogP contribution in [-0.2, 0) is 32.6 Å². The average Bonchev–Trinajstić information content (AvgIpc) is 2.89. The second-order valence-corrected chi connectivity index (χ2v) is 12.5. The molecule has 0 radical (unpaired) electrons. The number of halogens is 3. The van der Waals surface area contributed by atoms with Gasteiger partial charge in [0.15, 0.2) is 0 Å². The summed E-state index contributed by atoms with van der Waals surface area (Å²) in [5.41, 5.74) is 1.60. The van der Waals surface area contributed by atoms with E-state index in [1.165, 1.54) is 4.90 Å². The number of para-hydroxylation sites is 1. The highest BCUT2D eigenvalue weighted by Gasteiger charge is 2.34. The van der Waals surface area contributed by atoms with E-state index >= 15 is 0 Å². The lowest BCUT2D eigenvalue weighted by Crippen LogP contribution is -2.53. The monoisotopic (exact) mass is 653 g/mol. The molecule has 1 unspecified atom stereocenters. The highest BCUT2D eigenvalue weighted by atomic mass is 79.9. The van der Waals surface area contributed by atoms with Crippen molar-refractivity contribution in [1.29, 1.82) is 0 Å². The van der Waals surface area contributed by atoms with Gasteiger partial charge in [-0.3, -0.25) is 13.9 Å². The van der Waals surface area contributed by atoms with Crippen molar-refractivity contribution in [3.05, 3.63) is 98.4 Å². The van der Waals surface area contributed by atoms with Gasteiger partial charge in [0.1, 0.15) is 12.6 Å². The fourth-order valence-electron chi connectivity index (χ4n) is 4.02. The Morgan fingerprint density at radius 2 is 1.56 bits per heavy atom. The lowest BCUT2D eigenvalue weighted by Gasteiger charge is -2.34. The first kappa shape index (κ1) is 30.9. The van der Waals surface area contributed by atoms with Crippen LogP contribution in [0.25, 0.3) is 0 Å². The molecule has 0 heterocycles. The van der Waals surface area contributed by atoms with E-state index in [1.807, 2.05) is 37.3 Å². The predicted octanol–water partition coefficient (Wildman–Crippen LogP) is 5.69. The van der Waals surface area contributed by atoms with Crippen molar-refractivity contribution in [2.24, 2.45) is 0 Å². The van der Waals surface area contributed by atoms with E-state index < -0.39 is 28.5 Å². The molecule has 2 amide bonds. The van der Waals surface area contributed by atoms with E-state index in [9.17, 15) is 18.0 Å². The molecule has 1 atom stereocenters. The smallest absolute Gasteiger partial charge is 0.244 e. The molecule has 1 N–H and O–H groups in total. The second kappa shape index (κ2) is 14.2. The van der Waals surface area contributed by atoms with Gasteiger partial charge in [-0.2, -0.15) is 0 Å². The first-order valence-electron chi connectivity index (χ1n) is 12.3. The molecule has 0 spiro atoms. The van der Waals surface area contributed by atoms with Crippen LogP contribution >= 0.6 is 39.1 Å². The summed E-state index contributed by atoms with van der Waals surface area (Å²) in [6.07, 6.45) is 1.94. The van der Waals surface area contributed by atoms with E-state index in [1.54, 1.807) is 42.5 Å². The van der Waals surface area contributed by atoms with Crippen LogP contribution in [0.3, 0.4) is 0 Å². The van der Waals surface area contributed by atoms with E-state index in [0.29, 0.717) is 38.7 Å². The molecular weight excluding hydrogens is 625 g/mol. The summed E-state index contributed by atoms with van der Waals surface area (Å²) >= 11 is 16.3. The number of carbonyl (C=O) groups is 2. The summed E-state index contributed by atoms with van der Waals surface area (Å²) in [5, 5.41) is 3.55. The fourth-order valence-corrected chi connectivity index (χ4v) is 6.02. The first-order chi connectivity index (χ1) is 18.5. The molecule has 3 aromatic carbocycles. The Balaban J connectivity index is 2.10. The Kier molecular flexibility index (Phi) is 11.2. The zero-order valence-corrected chi connectivity index (χ0v) is 25.5. The van der Waals surface area contributed by atoms with Gasteiger partial charge in [0.2, 0.25) is 21.8 Å². The standard InChI is InChI=1S/C28H30BrCl2N3O4S/c1-3-16-32-28(36)26(17-20-10-5-4-6-11-20)33(18-21-23(30)13-9-14-24(21)31)27(35)19-34(39(2,37)38)25-15-8-7-12-22(25)29/h4-15,26H,3,16-19H2,1-2H3,(H,32,36). The number of benzene rings is 3. The lowest BCUT2D eigenvalue weighted by molar-refractivity contribution is -0.140. The Morgan fingerprint density at radius 1 is 0.949 bits per heavy atom. The number of anilines is 1. The Hall–Kier alpha value is -2.59. The Labute approximate surface area is 248 Å². The Bertz CT molecular complexity index is 1390. The van der Waals surface area contributed by atoms with Crippen molar-refractivity contribution >= 4 is 66.7 Å². The summed E-state index contributed by atoms with van der Waals surface area (Å²) in [7, 11) is -3.87. The number of nitrogens with zero attached hydrogens (tertiary/aromatic N) is 2. The van der Waals surface area contributed by atoms with Crippen LogP contribution in [0.2, 0.25) is 10.0 Å². The largest absolute Gasteiger partial charge is 0.354 e. The van der Waals surface area contributed by atoms with Crippen LogP contribution in [0.5, 0.6) is 0 Å². The molecule has 0 saturated carbocycles. The molecule has 11 heteroatoms. The molecular formula is C28H30BrCl2N3O4S. The van der Waals surface area contributed by atoms with E-state index in [2.05, 4.69) is 21.2 Å².